The van der Waals surface area contributed by atoms with Gasteiger partial charge in [0.1, 0.15) is 10.1 Å². The van der Waals surface area contributed by atoms with Crippen molar-refractivity contribution in [3.05, 3.63) is 70.4 Å². The lowest BCUT2D eigenvalue weighted by Gasteiger charge is -2.14. The number of halogens is 1. The van der Waals surface area contributed by atoms with Crippen molar-refractivity contribution in [1.82, 2.24) is 4.90 Å². The highest BCUT2D eigenvalue weighted by Gasteiger charge is 2.31. The molecule has 9 heteroatoms. The van der Waals surface area contributed by atoms with Crippen molar-refractivity contribution < 1.29 is 23.9 Å². The van der Waals surface area contributed by atoms with Gasteiger partial charge >= 0.3 is 5.97 Å². The lowest BCUT2D eigenvalue weighted by atomic mass is 10.1. The first-order chi connectivity index (χ1) is 14.3. The zero-order chi connectivity index (χ0) is 21.7. The summed E-state index contributed by atoms with van der Waals surface area (Å²) in [7, 11) is 0. The van der Waals surface area contributed by atoms with E-state index >= 15 is 0 Å². The fourth-order valence-electron chi connectivity index (χ4n) is 2.79. The maximum atomic E-state index is 13.0. The Bertz CT molecular complexity index is 1040. The molecule has 0 atom stereocenters. The maximum absolute atomic E-state index is 13.0. The van der Waals surface area contributed by atoms with Crippen LogP contribution in [0.4, 0.5) is 10.1 Å². The minimum Gasteiger partial charge on any atom is -0.478 e. The molecule has 2 amide bonds. The van der Waals surface area contributed by atoms with Crippen LogP contribution in [0, 0.1) is 5.82 Å². The summed E-state index contributed by atoms with van der Waals surface area (Å²) < 4.78 is 13.4. The molecule has 0 saturated carbocycles. The van der Waals surface area contributed by atoms with E-state index in [0.29, 0.717) is 21.2 Å². The highest BCUT2D eigenvalue weighted by Crippen LogP contribution is 2.32. The van der Waals surface area contributed by atoms with Crippen molar-refractivity contribution in [1.29, 1.82) is 0 Å². The highest BCUT2D eigenvalue weighted by atomic mass is 32.2. The van der Waals surface area contributed by atoms with Crippen LogP contribution in [0.1, 0.15) is 28.8 Å². The standard InChI is InChI=1S/C21H17FN2O4S2/c22-14-9-7-13(8-10-14)12-17-19(26)24(21(29)30-17)11-3-6-18(25)23-16-5-2-1-4-15(16)20(27)28/h1-2,4-5,7-10,12H,3,6,11H2,(H,23,25)(H,27,28). The number of benzene rings is 2. The van der Waals surface area contributed by atoms with Crippen LogP contribution >= 0.6 is 24.0 Å². The average Bonchev–Trinajstić information content (AvgIpc) is 2.97. The molecule has 2 aromatic carbocycles. The molecule has 0 radical (unpaired) electrons. The normalized spacial score (nSPS) is 15.0. The van der Waals surface area contributed by atoms with Crippen LogP contribution in [0.15, 0.2) is 53.4 Å². The van der Waals surface area contributed by atoms with Gasteiger partial charge in [0.05, 0.1) is 16.2 Å². The number of hydrogen-bond donors (Lipinski definition) is 2. The molecule has 3 rings (SSSR count). The maximum Gasteiger partial charge on any atom is 0.337 e. The molecule has 2 N–H and O–H groups in total. The van der Waals surface area contributed by atoms with Crippen LogP contribution in [0.25, 0.3) is 6.08 Å². The molecule has 0 bridgehead atoms. The Labute approximate surface area is 181 Å². The van der Waals surface area contributed by atoms with Gasteiger partial charge in [0.2, 0.25) is 5.91 Å². The fourth-order valence-corrected chi connectivity index (χ4v) is 4.10. The number of thiocarbonyl (C=S) groups is 1. The Kier molecular flexibility index (Phi) is 6.96. The number of carbonyl (C=O) groups excluding carboxylic acids is 2. The fraction of sp³-hybridized carbons (Fsp3) is 0.143. The van der Waals surface area contributed by atoms with E-state index in [0.717, 1.165) is 11.8 Å². The van der Waals surface area contributed by atoms with Crippen molar-refractivity contribution in [3.8, 4) is 0 Å². The summed E-state index contributed by atoms with van der Waals surface area (Å²) >= 11 is 6.42. The van der Waals surface area contributed by atoms with E-state index < -0.39 is 5.97 Å². The van der Waals surface area contributed by atoms with Crippen LogP contribution < -0.4 is 5.32 Å². The number of amides is 2. The average molecular weight is 445 g/mol. The molecule has 1 heterocycles. The van der Waals surface area contributed by atoms with E-state index in [9.17, 15) is 18.8 Å². The number of nitrogens with one attached hydrogen (secondary N) is 1. The van der Waals surface area contributed by atoms with Crippen molar-refractivity contribution in [2.45, 2.75) is 12.8 Å². The Hall–Kier alpha value is -3.04. The van der Waals surface area contributed by atoms with Crippen molar-refractivity contribution >= 4 is 57.8 Å². The Morgan fingerprint density at radius 1 is 1.17 bits per heavy atom. The van der Waals surface area contributed by atoms with E-state index in [2.05, 4.69) is 5.32 Å². The number of hydrogen-bond acceptors (Lipinski definition) is 5. The molecule has 2 aromatic rings. The summed E-state index contributed by atoms with van der Waals surface area (Å²) in [6.45, 7) is 0.263. The number of nitrogens with zero attached hydrogens (tertiary/aromatic N) is 1. The summed E-state index contributed by atoms with van der Waals surface area (Å²) in [5, 5.41) is 11.7. The predicted molar refractivity (Wildman–Crippen MR) is 118 cm³/mol. The van der Waals surface area contributed by atoms with Gasteiger partial charge < -0.3 is 10.4 Å². The summed E-state index contributed by atoms with van der Waals surface area (Å²) in [6.07, 6.45) is 2.10. The van der Waals surface area contributed by atoms with Crippen molar-refractivity contribution in [2.75, 3.05) is 11.9 Å². The molecule has 6 nitrogen and oxygen atoms in total. The first-order valence-electron chi connectivity index (χ1n) is 8.98. The Balaban J connectivity index is 1.55. The third kappa shape index (κ3) is 5.31. The molecule has 0 aromatic heterocycles. The largest absolute Gasteiger partial charge is 0.478 e. The molecular formula is C21H17FN2O4S2. The number of para-hydroxylation sites is 1. The van der Waals surface area contributed by atoms with E-state index in [1.807, 2.05) is 0 Å². The number of anilines is 1. The SMILES string of the molecule is O=C(CCCN1C(=O)C(=Cc2ccc(F)cc2)SC1=S)Nc1ccccc1C(=O)O. The van der Waals surface area contributed by atoms with Gasteiger partial charge in [0, 0.05) is 13.0 Å². The summed E-state index contributed by atoms with van der Waals surface area (Å²) in [6, 6.07) is 11.9. The molecule has 1 aliphatic rings. The second-order valence-corrected chi connectivity index (χ2v) is 8.06. The quantitative estimate of drug-likeness (QED) is 0.493. The van der Waals surface area contributed by atoms with Gasteiger partial charge in [0.25, 0.3) is 5.91 Å². The van der Waals surface area contributed by atoms with Crippen molar-refractivity contribution in [2.24, 2.45) is 0 Å². The highest BCUT2D eigenvalue weighted by molar-refractivity contribution is 8.26. The third-order valence-corrected chi connectivity index (χ3v) is 5.64. The Morgan fingerprint density at radius 2 is 1.87 bits per heavy atom. The lowest BCUT2D eigenvalue weighted by Crippen LogP contribution is -2.29. The second-order valence-electron chi connectivity index (χ2n) is 6.39. The molecular weight excluding hydrogens is 427 g/mol. The Morgan fingerprint density at radius 3 is 2.57 bits per heavy atom. The topological polar surface area (TPSA) is 86.7 Å². The molecule has 0 spiro atoms. The minimum absolute atomic E-state index is 0.00807. The van der Waals surface area contributed by atoms with Crippen LogP contribution in [-0.4, -0.2) is 38.7 Å². The van der Waals surface area contributed by atoms with E-state index in [-0.39, 0.29) is 41.8 Å². The lowest BCUT2D eigenvalue weighted by molar-refractivity contribution is -0.122. The molecule has 1 aliphatic heterocycles. The number of aromatic carboxylic acids is 1. The van der Waals surface area contributed by atoms with Gasteiger partial charge in [-0.15, -0.1) is 0 Å². The van der Waals surface area contributed by atoms with Crippen LogP contribution in [0.3, 0.4) is 0 Å². The van der Waals surface area contributed by atoms with E-state index in [1.54, 1.807) is 30.3 Å². The number of carboxylic acids is 1. The molecule has 0 unspecified atom stereocenters. The summed E-state index contributed by atoms with van der Waals surface area (Å²) in [4.78, 5) is 37.8. The third-order valence-electron chi connectivity index (χ3n) is 4.26. The monoisotopic (exact) mass is 444 g/mol. The molecule has 1 fully saturated rings. The predicted octanol–water partition coefficient (Wildman–Crippen LogP) is 4.14. The van der Waals surface area contributed by atoms with E-state index in [1.165, 1.54) is 29.2 Å². The number of carbonyl (C=O) groups is 3. The van der Waals surface area contributed by atoms with Crippen LogP contribution in [-0.2, 0) is 9.59 Å². The van der Waals surface area contributed by atoms with Crippen LogP contribution in [0.2, 0.25) is 0 Å². The molecule has 0 aliphatic carbocycles. The van der Waals surface area contributed by atoms with Gasteiger partial charge in [-0.05, 0) is 42.3 Å². The van der Waals surface area contributed by atoms with Gasteiger partial charge in [-0.3, -0.25) is 14.5 Å². The molecule has 30 heavy (non-hydrogen) atoms. The van der Waals surface area contributed by atoms with Gasteiger partial charge in [-0.2, -0.15) is 0 Å². The first kappa shape index (κ1) is 21.7. The number of rotatable bonds is 7. The van der Waals surface area contributed by atoms with Gasteiger partial charge in [-0.1, -0.05) is 48.2 Å². The second kappa shape index (κ2) is 9.64. The molecule has 154 valence electrons. The molecule has 1 saturated heterocycles. The van der Waals surface area contributed by atoms with Gasteiger partial charge in [-0.25, -0.2) is 9.18 Å². The zero-order valence-electron chi connectivity index (χ0n) is 15.6. The van der Waals surface area contributed by atoms with Gasteiger partial charge in [0.15, 0.2) is 0 Å². The van der Waals surface area contributed by atoms with E-state index in [4.69, 9.17) is 17.3 Å². The summed E-state index contributed by atoms with van der Waals surface area (Å²) in [5.41, 5.74) is 0.921. The smallest absolute Gasteiger partial charge is 0.337 e. The number of thioether (sulfide) groups is 1. The first-order valence-corrected chi connectivity index (χ1v) is 10.2. The summed E-state index contributed by atoms with van der Waals surface area (Å²) in [5.74, 6) is -2.10. The number of carboxylic acid groups (broad SMARTS) is 1. The minimum atomic E-state index is -1.13. The van der Waals surface area contributed by atoms with Crippen molar-refractivity contribution in [3.63, 3.8) is 0 Å². The van der Waals surface area contributed by atoms with Crippen LogP contribution in [0.5, 0.6) is 0 Å². The zero-order valence-corrected chi connectivity index (χ0v) is 17.3.